The van der Waals surface area contributed by atoms with Gasteiger partial charge in [-0.1, -0.05) is 22.9 Å². The van der Waals surface area contributed by atoms with E-state index in [9.17, 15) is 0 Å². The standard InChI is InChI=1S/C13H20BrNOS/c1-3-17-7-6-16-13-5-4-12(14)9-11(13)8-10(2)15/h4-5,9-10H,3,6-8,15H2,1-2H3. The molecule has 1 rings (SSSR count). The first-order valence-electron chi connectivity index (χ1n) is 5.88. The van der Waals surface area contributed by atoms with Crippen molar-refractivity contribution in [2.45, 2.75) is 26.3 Å². The average molecular weight is 318 g/mol. The zero-order valence-electron chi connectivity index (χ0n) is 10.4. The number of hydrogen-bond donors (Lipinski definition) is 1. The van der Waals surface area contributed by atoms with Crippen molar-refractivity contribution >= 4 is 27.7 Å². The number of ether oxygens (including phenoxy) is 1. The fourth-order valence-electron chi connectivity index (χ4n) is 1.55. The number of rotatable bonds is 7. The minimum atomic E-state index is 0.150. The molecule has 0 aliphatic heterocycles. The summed E-state index contributed by atoms with van der Waals surface area (Å²) >= 11 is 5.37. The highest BCUT2D eigenvalue weighted by molar-refractivity contribution is 9.10. The topological polar surface area (TPSA) is 35.2 Å². The number of hydrogen-bond acceptors (Lipinski definition) is 3. The van der Waals surface area contributed by atoms with Crippen molar-refractivity contribution in [3.63, 3.8) is 0 Å². The summed E-state index contributed by atoms with van der Waals surface area (Å²) in [6.45, 7) is 4.93. The molecule has 2 nitrogen and oxygen atoms in total. The van der Waals surface area contributed by atoms with E-state index in [0.29, 0.717) is 0 Å². The van der Waals surface area contributed by atoms with Gasteiger partial charge >= 0.3 is 0 Å². The highest BCUT2D eigenvalue weighted by atomic mass is 79.9. The van der Waals surface area contributed by atoms with Crippen LogP contribution in [0.1, 0.15) is 19.4 Å². The van der Waals surface area contributed by atoms with Gasteiger partial charge in [0.15, 0.2) is 0 Å². The van der Waals surface area contributed by atoms with Gasteiger partial charge in [0.1, 0.15) is 5.75 Å². The van der Waals surface area contributed by atoms with E-state index in [2.05, 4.69) is 28.9 Å². The van der Waals surface area contributed by atoms with E-state index in [1.807, 2.05) is 30.8 Å². The molecular weight excluding hydrogens is 298 g/mol. The van der Waals surface area contributed by atoms with E-state index < -0.39 is 0 Å². The lowest BCUT2D eigenvalue weighted by Gasteiger charge is -2.13. The minimum Gasteiger partial charge on any atom is -0.492 e. The summed E-state index contributed by atoms with van der Waals surface area (Å²) in [5.74, 6) is 3.13. The molecule has 0 aliphatic rings. The maximum atomic E-state index is 5.84. The van der Waals surface area contributed by atoms with Gasteiger partial charge in [0.25, 0.3) is 0 Å². The summed E-state index contributed by atoms with van der Waals surface area (Å²) in [4.78, 5) is 0. The Bertz CT molecular complexity index is 344. The smallest absolute Gasteiger partial charge is 0.122 e. The molecule has 17 heavy (non-hydrogen) atoms. The first-order valence-corrected chi connectivity index (χ1v) is 7.82. The number of nitrogens with two attached hydrogens (primary N) is 1. The number of benzene rings is 1. The largest absolute Gasteiger partial charge is 0.492 e. The molecule has 1 unspecified atom stereocenters. The average Bonchev–Trinajstić information content (AvgIpc) is 2.26. The second-order valence-electron chi connectivity index (χ2n) is 3.98. The van der Waals surface area contributed by atoms with Crippen LogP contribution >= 0.6 is 27.7 Å². The molecule has 1 aromatic rings. The van der Waals surface area contributed by atoms with Crippen LogP contribution in [0.4, 0.5) is 0 Å². The van der Waals surface area contributed by atoms with Crippen molar-refractivity contribution < 1.29 is 4.74 Å². The number of halogens is 1. The molecule has 4 heteroatoms. The molecule has 0 spiro atoms. The van der Waals surface area contributed by atoms with Gasteiger partial charge < -0.3 is 10.5 Å². The fourth-order valence-corrected chi connectivity index (χ4v) is 2.45. The normalized spacial score (nSPS) is 12.5. The van der Waals surface area contributed by atoms with Crippen LogP contribution in [0.5, 0.6) is 5.75 Å². The third-order valence-electron chi connectivity index (χ3n) is 2.25. The molecule has 0 radical (unpaired) electrons. The highest BCUT2D eigenvalue weighted by Crippen LogP contribution is 2.24. The van der Waals surface area contributed by atoms with Crippen LogP contribution in [0.25, 0.3) is 0 Å². The lowest BCUT2D eigenvalue weighted by molar-refractivity contribution is 0.339. The first kappa shape index (κ1) is 14.9. The van der Waals surface area contributed by atoms with Crippen LogP contribution in [0, 0.1) is 0 Å². The monoisotopic (exact) mass is 317 g/mol. The lowest BCUT2D eigenvalue weighted by Crippen LogP contribution is -2.18. The third kappa shape index (κ3) is 5.80. The van der Waals surface area contributed by atoms with E-state index in [4.69, 9.17) is 10.5 Å². The summed E-state index contributed by atoms with van der Waals surface area (Å²) in [6.07, 6.45) is 0.843. The number of thioether (sulfide) groups is 1. The highest BCUT2D eigenvalue weighted by Gasteiger charge is 2.07. The Kier molecular flexibility index (Phi) is 7.00. The summed E-state index contributed by atoms with van der Waals surface area (Å²) < 4.78 is 6.87. The van der Waals surface area contributed by atoms with Crippen LogP contribution in [0.3, 0.4) is 0 Å². The van der Waals surface area contributed by atoms with Gasteiger partial charge in [-0.3, -0.25) is 0 Å². The zero-order chi connectivity index (χ0) is 12.7. The van der Waals surface area contributed by atoms with Gasteiger partial charge in [0.05, 0.1) is 6.61 Å². The Balaban J connectivity index is 2.62. The van der Waals surface area contributed by atoms with Crippen LogP contribution in [-0.4, -0.2) is 24.2 Å². The molecule has 0 aromatic heterocycles. The van der Waals surface area contributed by atoms with Crippen molar-refractivity contribution in [1.82, 2.24) is 0 Å². The maximum Gasteiger partial charge on any atom is 0.122 e. The Labute approximate surface area is 116 Å². The van der Waals surface area contributed by atoms with Crippen molar-refractivity contribution in [2.24, 2.45) is 5.73 Å². The lowest BCUT2D eigenvalue weighted by atomic mass is 10.1. The molecule has 0 heterocycles. The van der Waals surface area contributed by atoms with Crippen molar-refractivity contribution in [2.75, 3.05) is 18.1 Å². The van der Waals surface area contributed by atoms with Crippen LogP contribution in [0.15, 0.2) is 22.7 Å². The Hall–Kier alpha value is -0.190. The van der Waals surface area contributed by atoms with E-state index in [1.165, 1.54) is 5.56 Å². The predicted molar refractivity (Wildman–Crippen MR) is 80.0 cm³/mol. The van der Waals surface area contributed by atoms with Crippen LogP contribution in [-0.2, 0) is 6.42 Å². The van der Waals surface area contributed by atoms with Crippen molar-refractivity contribution in [3.8, 4) is 5.75 Å². The SMILES string of the molecule is CCSCCOc1ccc(Br)cc1CC(C)N. The quantitative estimate of drug-likeness (QED) is 0.782. The van der Waals surface area contributed by atoms with E-state index in [1.54, 1.807) is 0 Å². The summed E-state index contributed by atoms with van der Waals surface area (Å²) in [7, 11) is 0. The first-order chi connectivity index (χ1) is 8.13. The molecule has 2 N–H and O–H groups in total. The van der Waals surface area contributed by atoms with Gasteiger partial charge in [-0.05, 0) is 42.9 Å². The molecule has 0 amide bonds. The second-order valence-corrected chi connectivity index (χ2v) is 6.29. The fraction of sp³-hybridized carbons (Fsp3) is 0.538. The third-order valence-corrected chi connectivity index (χ3v) is 3.61. The molecule has 0 saturated carbocycles. The molecule has 96 valence electrons. The van der Waals surface area contributed by atoms with Crippen molar-refractivity contribution in [1.29, 1.82) is 0 Å². The molecule has 0 aliphatic carbocycles. The van der Waals surface area contributed by atoms with Gasteiger partial charge in [-0.15, -0.1) is 0 Å². The van der Waals surface area contributed by atoms with Gasteiger partial charge in [0, 0.05) is 16.3 Å². The summed E-state index contributed by atoms with van der Waals surface area (Å²) in [5, 5.41) is 0. The molecule has 1 atom stereocenters. The molecule has 0 bridgehead atoms. The Morgan fingerprint density at radius 3 is 2.88 bits per heavy atom. The van der Waals surface area contributed by atoms with Gasteiger partial charge in [-0.25, -0.2) is 0 Å². The second kappa shape index (κ2) is 8.01. The maximum absolute atomic E-state index is 5.84. The summed E-state index contributed by atoms with van der Waals surface area (Å²) in [5.41, 5.74) is 7.02. The van der Waals surface area contributed by atoms with E-state index in [0.717, 1.165) is 34.8 Å². The van der Waals surface area contributed by atoms with E-state index in [-0.39, 0.29) is 6.04 Å². The Morgan fingerprint density at radius 2 is 2.24 bits per heavy atom. The molecule has 0 fully saturated rings. The van der Waals surface area contributed by atoms with Gasteiger partial charge in [0.2, 0.25) is 0 Å². The molecular formula is C13H20BrNOS. The molecule has 1 aromatic carbocycles. The Morgan fingerprint density at radius 1 is 1.47 bits per heavy atom. The zero-order valence-corrected chi connectivity index (χ0v) is 12.8. The van der Waals surface area contributed by atoms with Crippen LogP contribution in [0.2, 0.25) is 0 Å². The molecule has 0 saturated heterocycles. The van der Waals surface area contributed by atoms with Crippen LogP contribution < -0.4 is 10.5 Å². The summed E-state index contributed by atoms with van der Waals surface area (Å²) in [6, 6.07) is 6.26. The minimum absolute atomic E-state index is 0.150. The predicted octanol–water partition coefficient (Wildman–Crippen LogP) is 3.47. The van der Waals surface area contributed by atoms with Gasteiger partial charge in [-0.2, -0.15) is 11.8 Å². The van der Waals surface area contributed by atoms with E-state index >= 15 is 0 Å². The van der Waals surface area contributed by atoms with Crippen molar-refractivity contribution in [3.05, 3.63) is 28.2 Å².